The van der Waals surface area contributed by atoms with E-state index in [-0.39, 0.29) is 5.41 Å². The summed E-state index contributed by atoms with van der Waals surface area (Å²) in [6.07, 6.45) is 5.46. The average Bonchev–Trinajstić information content (AvgIpc) is 3.38. The van der Waals surface area contributed by atoms with Gasteiger partial charge in [-0.3, -0.25) is 0 Å². The Kier molecular flexibility index (Phi) is 4.11. The Bertz CT molecular complexity index is 851. The molecule has 0 radical (unpaired) electrons. The summed E-state index contributed by atoms with van der Waals surface area (Å²) in [6.45, 7) is 2.10. The van der Waals surface area contributed by atoms with E-state index in [1.165, 1.54) is 27.8 Å². The van der Waals surface area contributed by atoms with Crippen LogP contribution in [0.5, 0.6) is 0 Å². The summed E-state index contributed by atoms with van der Waals surface area (Å²) < 4.78 is 0. The molecule has 0 aliphatic heterocycles. The van der Waals surface area contributed by atoms with Crippen molar-refractivity contribution in [2.75, 3.05) is 0 Å². The van der Waals surface area contributed by atoms with Gasteiger partial charge in [-0.25, -0.2) is 0 Å². The first-order valence-electron chi connectivity index (χ1n) is 8.90. The predicted octanol–water partition coefficient (Wildman–Crippen LogP) is 6.52. The Morgan fingerprint density at radius 2 is 1.08 bits per heavy atom. The lowest BCUT2D eigenvalue weighted by atomic mass is 9.82. The van der Waals surface area contributed by atoms with Crippen LogP contribution in [0.25, 0.3) is 11.1 Å². The third-order valence-corrected chi connectivity index (χ3v) is 5.09. The van der Waals surface area contributed by atoms with Crippen molar-refractivity contribution in [3.63, 3.8) is 0 Å². The molecule has 1 aliphatic rings. The zero-order valence-corrected chi connectivity index (χ0v) is 14.5. The number of allylic oxidation sites excluding steroid dienone is 4. The fourth-order valence-electron chi connectivity index (χ4n) is 3.94. The van der Waals surface area contributed by atoms with Gasteiger partial charge in [0.25, 0.3) is 0 Å². The largest absolute Gasteiger partial charge is 0.0916 e. The molecule has 25 heavy (non-hydrogen) atoms. The SMILES string of the molecule is CC=CCC1(c2ccccc2)C(c2ccccc2)=C1c1ccccc1. The van der Waals surface area contributed by atoms with Gasteiger partial charge in [-0.05, 0) is 41.2 Å². The minimum atomic E-state index is -0.0174. The van der Waals surface area contributed by atoms with Crippen molar-refractivity contribution < 1.29 is 0 Å². The van der Waals surface area contributed by atoms with Crippen LogP contribution in [0, 0.1) is 0 Å². The monoisotopic (exact) mass is 322 g/mol. The summed E-state index contributed by atoms with van der Waals surface area (Å²) in [4.78, 5) is 0. The summed E-state index contributed by atoms with van der Waals surface area (Å²) in [5.41, 5.74) is 6.94. The third-order valence-electron chi connectivity index (χ3n) is 5.09. The number of hydrogen-bond donors (Lipinski definition) is 0. The second-order valence-corrected chi connectivity index (χ2v) is 6.53. The maximum atomic E-state index is 2.30. The second-order valence-electron chi connectivity index (χ2n) is 6.53. The van der Waals surface area contributed by atoms with Crippen LogP contribution in [0.1, 0.15) is 30.0 Å². The fourth-order valence-corrected chi connectivity index (χ4v) is 3.94. The molecule has 4 rings (SSSR count). The molecule has 0 amide bonds. The first kappa shape index (κ1) is 15.7. The minimum Gasteiger partial charge on any atom is -0.0916 e. The molecule has 0 saturated carbocycles. The number of benzene rings is 3. The Morgan fingerprint density at radius 3 is 1.52 bits per heavy atom. The Labute approximate surface area is 150 Å². The van der Waals surface area contributed by atoms with Crippen molar-refractivity contribution in [1.29, 1.82) is 0 Å². The maximum Gasteiger partial charge on any atom is 0.0504 e. The minimum absolute atomic E-state index is 0.0174. The molecular weight excluding hydrogens is 300 g/mol. The van der Waals surface area contributed by atoms with Gasteiger partial charge in [0.05, 0.1) is 5.41 Å². The van der Waals surface area contributed by atoms with Crippen LogP contribution in [-0.4, -0.2) is 0 Å². The van der Waals surface area contributed by atoms with Gasteiger partial charge >= 0.3 is 0 Å². The van der Waals surface area contributed by atoms with Gasteiger partial charge in [0.15, 0.2) is 0 Å². The highest BCUT2D eigenvalue weighted by Gasteiger charge is 2.54. The molecule has 0 nitrogen and oxygen atoms in total. The first-order chi connectivity index (χ1) is 12.4. The van der Waals surface area contributed by atoms with Crippen molar-refractivity contribution in [2.45, 2.75) is 18.8 Å². The molecule has 3 aromatic carbocycles. The topological polar surface area (TPSA) is 0 Å². The van der Waals surface area contributed by atoms with Gasteiger partial charge in [-0.1, -0.05) is 103 Å². The molecule has 0 spiro atoms. The quantitative estimate of drug-likeness (QED) is 0.469. The van der Waals surface area contributed by atoms with Crippen LogP contribution in [-0.2, 0) is 5.41 Å². The normalized spacial score (nSPS) is 15.6. The highest BCUT2D eigenvalue weighted by Crippen LogP contribution is 2.66. The summed E-state index contributed by atoms with van der Waals surface area (Å²) in [6, 6.07) is 32.6. The van der Waals surface area contributed by atoms with E-state index in [1.54, 1.807) is 0 Å². The smallest absolute Gasteiger partial charge is 0.0504 e. The van der Waals surface area contributed by atoms with Crippen LogP contribution in [0.15, 0.2) is 103 Å². The van der Waals surface area contributed by atoms with Crippen LogP contribution >= 0.6 is 0 Å². The Balaban J connectivity index is 1.91. The third kappa shape index (κ3) is 2.64. The molecule has 1 aliphatic carbocycles. The standard InChI is InChI=1S/C25H22/c1-2-3-19-25(22-17-11-6-12-18-22)23(20-13-7-4-8-14-20)24(25)21-15-9-5-10-16-21/h2-18H,19H2,1H3. The molecule has 0 N–H and O–H groups in total. The molecule has 122 valence electrons. The van der Waals surface area contributed by atoms with Crippen LogP contribution in [0.4, 0.5) is 0 Å². The summed E-state index contributed by atoms with van der Waals surface area (Å²) >= 11 is 0. The van der Waals surface area contributed by atoms with E-state index in [0.717, 1.165) is 6.42 Å². The van der Waals surface area contributed by atoms with Crippen molar-refractivity contribution >= 4 is 11.1 Å². The van der Waals surface area contributed by atoms with Crippen molar-refractivity contribution in [3.05, 3.63) is 120 Å². The van der Waals surface area contributed by atoms with E-state index >= 15 is 0 Å². The maximum absolute atomic E-state index is 2.30. The van der Waals surface area contributed by atoms with Crippen LogP contribution in [0.2, 0.25) is 0 Å². The lowest BCUT2D eigenvalue weighted by molar-refractivity contribution is 0.800. The molecule has 0 bridgehead atoms. The summed E-state index contributed by atoms with van der Waals surface area (Å²) in [7, 11) is 0. The second kappa shape index (κ2) is 6.57. The molecule has 0 heterocycles. The molecule has 0 unspecified atom stereocenters. The molecule has 0 saturated heterocycles. The summed E-state index contributed by atoms with van der Waals surface area (Å²) in [5.74, 6) is 0. The van der Waals surface area contributed by atoms with E-state index in [2.05, 4.69) is 110 Å². The molecule has 0 fully saturated rings. The van der Waals surface area contributed by atoms with Gasteiger partial charge in [0.1, 0.15) is 0 Å². The van der Waals surface area contributed by atoms with Crippen molar-refractivity contribution in [2.24, 2.45) is 0 Å². The molecular formula is C25H22. The van der Waals surface area contributed by atoms with Gasteiger partial charge in [-0.15, -0.1) is 0 Å². The lowest BCUT2D eigenvalue weighted by Crippen LogP contribution is -2.12. The predicted molar refractivity (Wildman–Crippen MR) is 107 cm³/mol. The van der Waals surface area contributed by atoms with Gasteiger partial charge in [0, 0.05) is 0 Å². The zero-order valence-electron chi connectivity index (χ0n) is 14.5. The van der Waals surface area contributed by atoms with E-state index < -0.39 is 0 Å². The van der Waals surface area contributed by atoms with Crippen LogP contribution < -0.4 is 0 Å². The van der Waals surface area contributed by atoms with Gasteiger partial charge in [-0.2, -0.15) is 0 Å². The van der Waals surface area contributed by atoms with Gasteiger partial charge in [0.2, 0.25) is 0 Å². The molecule has 0 aromatic heterocycles. The average molecular weight is 322 g/mol. The van der Waals surface area contributed by atoms with Crippen molar-refractivity contribution in [3.8, 4) is 0 Å². The molecule has 0 atom stereocenters. The Hall–Kier alpha value is -2.86. The lowest BCUT2D eigenvalue weighted by Gasteiger charge is -2.20. The van der Waals surface area contributed by atoms with Gasteiger partial charge < -0.3 is 0 Å². The molecule has 0 heteroatoms. The number of hydrogen-bond acceptors (Lipinski definition) is 0. The summed E-state index contributed by atoms with van der Waals surface area (Å²) in [5, 5.41) is 0. The highest BCUT2D eigenvalue weighted by atomic mass is 14.5. The molecule has 3 aromatic rings. The van der Waals surface area contributed by atoms with Crippen LogP contribution in [0.3, 0.4) is 0 Å². The van der Waals surface area contributed by atoms with E-state index in [9.17, 15) is 0 Å². The van der Waals surface area contributed by atoms with E-state index in [4.69, 9.17) is 0 Å². The van der Waals surface area contributed by atoms with E-state index in [1.807, 2.05) is 0 Å². The highest BCUT2D eigenvalue weighted by molar-refractivity contribution is 6.19. The Morgan fingerprint density at radius 1 is 0.640 bits per heavy atom. The fraction of sp³-hybridized carbons (Fsp3) is 0.120. The first-order valence-corrected chi connectivity index (χ1v) is 8.90. The number of rotatable bonds is 5. The van der Waals surface area contributed by atoms with E-state index in [0.29, 0.717) is 0 Å². The van der Waals surface area contributed by atoms with Crippen molar-refractivity contribution in [1.82, 2.24) is 0 Å². The zero-order chi connectivity index (χ0) is 17.1.